The van der Waals surface area contributed by atoms with Gasteiger partial charge in [0, 0.05) is 23.9 Å². The number of hydrogen-bond acceptors (Lipinski definition) is 4. The SMILES string of the molecule is O=C1c2ccccc2C(=O)N1CCCOCc1ccc2c[n+]([O-])cc(Br)c2c1. The topological polar surface area (TPSA) is 73.5 Å². The van der Waals surface area contributed by atoms with Crippen molar-refractivity contribution in [2.24, 2.45) is 0 Å². The third-order valence-corrected chi connectivity index (χ3v) is 5.33. The summed E-state index contributed by atoms with van der Waals surface area (Å²) in [6.07, 6.45) is 3.56. The van der Waals surface area contributed by atoms with Gasteiger partial charge in [0.25, 0.3) is 11.8 Å². The molecule has 0 aliphatic carbocycles. The fourth-order valence-corrected chi connectivity index (χ4v) is 3.87. The van der Waals surface area contributed by atoms with Crippen LogP contribution in [0.15, 0.2) is 59.3 Å². The van der Waals surface area contributed by atoms with Gasteiger partial charge in [-0.25, -0.2) is 0 Å². The molecule has 2 aromatic carbocycles. The molecule has 142 valence electrons. The van der Waals surface area contributed by atoms with Crippen LogP contribution in [0, 0.1) is 5.21 Å². The van der Waals surface area contributed by atoms with E-state index in [0.717, 1.165) is 25.5 Å². The minimum atomic E-state index is -0.240. The Kier molecular flexibility index (Phi) is 5.11. The Hall–Kier alpha value is -2.77. The van der Waals surface area contributed by atoms with Gasteiger partial charge in [0.15, 0.2) is 12.4 Å². The molecule has 4 rings (SSSR count). The predicted octanol–water partition coefficient (Wildman–Crippen LogP) is 3.44. The van der Waals surface area contributed by atoms with E-state index in [1.54, 1.807) is 24.3 Å². The molecule has 7 heteroatoms. The van der Waals surface area contributed by atoms with Gasteiger partial charge in [0.2, 0.25) is 0 Å². The molecule has 0 fully saturated rings. The smallest absolute Gasteiger partial charge is 0.261 e. The molecular formula is C21H17BrN2O4. The third-order valence-electron chi connectivity index (χ3n) is 4.70. The van der Waals surface area contributed by atoms with Crippen LogP contribution in [0.4, 0.5) is 0 Å². The third kappa shape index (κ3) is 3.50. The van der Waals surface area contributed by atoms with E-state index in [2.05, 4.69) is 15.9 Å². The first-order valence-electron chi connectivity index (χ1n) is 8.88. The van der Waals surface area contributed by atoms with Crippen molar-refractivity contribution in [3.8, 4) is 0 Å². The first-order chi connectivity index (χ1) is 13.5. The molecule has 2 heterocycles. The second-order valence-corrected chi connectivity index (χ2v) is 7.46. The number of carbonyl (C=O) groups excluding carboxylic acids is 2. The summed E-state index contributed by atoms with van der Waals surface area (Å²) in [5.74, 6) is -0.480. The highest BCUT2D eigenvalue weighted by Crippen LogP contribution is 2.24. The van der Waals surface area contributed by atoms with Crippen LogP contribution >= 0.6 is 15.9 Å². The largest absolute Gasteiger partial charge is 0.619 e. The summed E-state index contributed by atoms with van der Waals surface area (Å²) in [6.45, 7) is 1.18. The highest BCUT2D eigenvalue weighted by molar-refractivity contribution is 9.10. The van der Waals surface area contributed by atoms with Gasteiger partial charge < -0.3 is 9.94 Å². The normalized spacial score (nSPS) is 13.4. The molecule has 0 unspecified atom stereocenters. The van der Waals surface area contributed by atoms with Crippen LogP contribution in [0.1, 0.15) is 32.7 Å². The zero-order valence-electron chi connectivity index (χ0n) is 14.9. The lowest BCUT2D eigenvalue weighted by molar-refractivity contribution is -0.604. The number of ether oxygens (including phenoxy) is 1. The van der Waals surface area contributed by atoms with Crippen molar-refractivity contribution in [1.29, 1.82) is 0 Å². The molecule has 0 saturated carbocycles. The number of fused-ring (bicyclic) bond motifs is 2. The molecule has 6 nitrogen and oxygen atoms in total. The number of benzene rings is 2. The molecule has 0 N–H and O–H groups in total. The molecule has 3 aromatic rings. The number of amides is 2. The Morgan fingerprint density at radius 1 is 1.04 bits per heavy atom. The number of aromatic nitrogens is 1. The number of carbonyl (C=O) groups is 2. The lowest BCUT2D eigenvalue weighted by atomic mass is 10.1. The second kappa shape index (κ2) is 7.69. The molecule has 0 radical (unpaired) electrons. The molecule has 0 spiro atoms. The lowest BCUT2D eigenvalue weighted by Gasteiger charge is -2.13. The number of imide groups is 1. The van der Waals surface area contributed by atoms with Crippen molar-refractivity contribution >= 4 is 38.5 Å². The predicted molar refractivity (Wildman–Crippen MR) is 107 cm³/mol. The summed E-state index contributed by atoms with van der Waals surface area (Å²) in [5.41, 5.74) is 1.92. The van der Waals surface area contributed by atoms with Crippen molar-refractivity contribution < 1.29 is 19.1 Å². The molecule has 1 aliphatic rings. The van der Waals surface area contributed by atoms with Gasteiger partial charge in [0.05, 0.1) is 22.2 Å². The zero-order valence-corrected chi connectivity index (χ0v) is 16.5. The standard InChI is InChI=1S/C21H17BrN2O4/c22-19-12-23(27)11-15-7-6-14(10-18(15)19)13-28-9-3-8-24-20(25)16-4-1-2-5-17(16)21(24)26/h1-2,4-7,10-12H,3,8-9,13H2. The van der Waals surface area contributed by atoms with Crippen molar-refractivity contribution in [1.82, 2.24) is 4.90 Å². The number of halogens is 1. The van der Waals surface area contributed by atoms with E-state index < -0.39 is 0 Å². The minimum Gasteiger partial charge on any atom is -0.619 e. The van der Waals surface area contributed by atoms with Gasteiger partial charge >= 0.3 is 0 Å². The summed E-state index contributed by atoms with van der Waals surface area (Å²) in [7, 11) is 0. The van der Waals surface area contributed by atoms with Gasteiger partial charge in [-0.05, 0) is 52.2 Å². The van der Waals surface area contributed by atoms with E-state index in [-0.39, 0.29) is 11.8 Å². The molecule has 2 amide bonds. The van der Waals surface area contributed by atoms with E-state index >= 15 is 0 Å². The van der Waals surface area contributed by atoms with Gasteiger partial charge in [0.1, 0.15) is 0 Å². The van der Waals surface area contributed by atoms with Crippen LogP contribution < -0.4 is 4.73 Å². The van der Waals surface area contributed by atoms with Crippen molar-refractivity contribution in [3.05, 3.63) is 81.2 Å². The highest BCUT2D eigenvalue weighted by Gasteiger charge is 2.34. The van der Waals surface area contributed by atoms with E-state index in [1.165, 1.54) is 17.3 Å². The Labute approximate surface area is 170 Å². The highest BCUT2D eigenvalue weighted by atomic mass is 79.9. The van der Waals surface area contributed by atoms with Gasteiger partial charge in [-0.3, -0.25) is 14.5 Å². The second-order valence-electron chi connectivity index (χ2n) is 6.60. The number of pyridine rings is 1. The summed E-state index contributed by atoms with van der Waals surface area (Å²) in [4.78, 5) is 25.9. The Balaban J connectivity index is 1.30. The molecule has 1 aromatic heterocycles. The molecule has 0 saturated heterocycles. The van der Waals surface area contributed by atoms with Crippen LogP contribution in [-0.2, 0) is 11.3 Å². The Bertz CT molecular complexity index is 1050. The maximum atomic E-state index is 12.3. The summed E-state index contributed by atoms with van der Waals surface area (Å²) < 4.78 is 7.20. The van der Waals surface area contributed by atoms with E-state index in [1.807, 2.05) is 18.2 Å². The monoisotopic (exact) mass is 440 g/mol. The van der Waals surface area contributed by atoms with Crippen LogP contribution in [0.2, 0.25) is 0 Å². The summed E-state index contributed by atoms with van der Waals surface area (Å²) in [6, 6.07) is 12.6. The summed E-state index contributed by atoms with van der Waals surface area (Å²) >= 11 is 3.41. The Morgan fingerprint density at radius 2 is 1.75 bits per heavy atom. The number of rotatable bonds is 6. The molecular weight excluding hydrogens is 424 g/mol. The van der Waals surface area contributed by atoms with E-state index in [4.69, 9.17) is 4.74 Å². The van der Waals surface area contributed by atoms with Crippen LogP contribution in [-0.4, -0.2) is 29.9 Å². The maximum absolute atomic E-state index is 12.3. The van der Waals surface area contributed by atoms with Crippen molar-refractivity contribution in [2.75, 3.05) is 13.2 Å². The molecule has 1 aliphatic heterocycles. The Morgan fingerprint density at radius 3 is 2.46 bits per heavy atom. The van der Waals surface area contributed by atoms with Gasteiger partial charge in [-0.1, -0.05) is 18.2 Å². The van der Waals surface area contributed by atoms with Crippen molar-refractivity contribution in [3.63, 3.8) is 0 Å². The zero-order chi connectivity index (χ0) is 19.7. The van der Waals surface area contributed by atoms with Gasteiger partial charge in [-0.2, -0.15) is 4.73 Å². The lowest BCUT2D eigenvalue weighted by Crippen LogP contribution is -2.31. The van der Waals surface area contributed by atoms with Crippen LogP contribution in [0.5, 0.6) is 0 Å². The number of nitrogens with zero attached hydrogens (tertiary/aromatic N) is 2. The molecule has 0 bridgehead atoms. The average molecular weight is 441 g/mol. The maximum Gasteiger partial charge on any atom is 0.261 e. The first-order valence-corrected chi connectivity index (χ1v) is 9.68. The average Bonchev–Trinajstić information content (AvgIpc) is 2.93. The molecule has 28 heavy (non-hydrogen) atoms. The minimum absolute atomic E-state index is 0.240. The summed E-state index contributed by atoms with van der Waals surface area (Å²) in [5, 5.41) is 13.3. The fourth-order valence-electron chi connectivity index (χ4n) is 3.33. The fraction of sp³-hybridized carbons (Fsp3) is 0.190. The quantitative estimate of drug-likeness (QED) is 0.254. The van der Waals surface area contributed by atoms with Crippen LogP contribution in [0.25, 0.3) is 10.8 Å². The molecule has 0 atom stereocenters. The number of hydrogen-bond donors (Lipinski definition) is 0. The van der Waals surface area contributed by atoms with E-state index in [0.29, 0.717) is 37.3 Å². The van der Waals surface area contributed by atoms with Crippen LogP contribution in [0.3, 0.4) is 0 Å². The van der Waals surface area contributed by atoms with Gasteiger partial charge in [-0.15, -0.1) is 0 Å². The van der Waals surface area contributed by atoms with Crippen molar-refractivity contribution in [2.45, 2.75) is 13.0 Å². The first kappa shape index (κ1) is 18.6. The van der Waals surface area contributed by atoms with E-state index in [9.17, 15) is 14.8 Å².